The van der Waals surface area contributed by atoms with Crippen LogP contribution in [-0.2, 0) is 10.0 Å². The maximum atomic E-state index is 12.5. The van der Waals surface area contributed by atoms with Crippen LogP contribution in [0.2, 0.25) is 10.0 Å². The summed E-state index contributed by atoms with van der Waals surface area (Å²) >= 11 is 11.7. The SMILES string of the molecule is C[C@H](C#N)N1CCN(S(=O)(=O)c2ccc(Cl)c(Cl)c2)CC1. The largest absolute Gasteiger partial charge is 0.286 e. The van der Waals surface area contributed by atoms with Gasteiger partial charge in [0.15, 0.2) is 0 Å². The summed E-state index contributed by atoms with van der Waals surface area (Å²) in [5.74, 6) is 0. The molecule has 0 N–H and O–H groups in total. The first kappa shape index (κ1) is 16.5. The average molecular weight is 348 g/mol. The molecule has 1 atom stereocenters. The molecular formula is C13H15Cl2N3O2S. The van der Waals surface area contributed by atoms with Gasteiger partial charge in [0.05, 0.1) is 27.1 Å². The molecule has 1 aliphatic rings. The molecule has 1 saturated heterocycles. The number of piperazine rings is 1. The Morgan fingerprint density at radius 3 is 2.33 bits per heavy atom. The fraction of sp³-hybridized carbons (Fsp3) is 0.462. The summed E-state index contributed by atoms with van der Waals surface area (Å²) in [4.78, 5) is 2.10. The van der Waals surface area contributed by atoms with E-state index in [9.17, 15) is 8.42 Å². The number of rotatable bonds is 3. The highest BCUT2D eigenvalue weighted by Gasteiger charge is 2.30. The predicted octanol–water partition coefficient (Wildman–Crippen LogP) is 2.21. The summed E-state index contributed by atoms with van der Waals surface area (Å²) < 4.78 is 26.5. The second-order valence-electron chi connectivity index (χ2n) is 4.82. The summed E-state index contributed by atoms with van der Waals surface area (Å²) in [6.07, 6.45) is 0. The Balaban J connectivity index is 2.15. The molecule has 21 heavy (non-hydrogen) atoms. The normalized spacial score (nSPS) is 19.1. The standard InChI is InChI=1S/C13H15Cl2N3O2S/c1-10(9-16)17-4-6-18(7-5-17)21(19,20)11-2-3-12(14)13(15)8-11/h2-3,8,10H,4-7H2,1H3/t10-/m1/s1. The van der Waals surface area contributed by atoms with Crippen LogP contribution < -0.4 is 0 Å². The lowest BCUT2D eigenvalue weighted by atomic mass is 10.2. The Hall–Kier alpha value is -0.840. The van der Waals surface area contributed by atoms with Crippen LogP contribution in [0.5, 0.6) is 0 Å². The third kappa shape index (κ3) is 3.50. The first-order chi connectivity index (χ1) is 9.86. The monoisotopic (exact) mass is 347 g/mol. The topological polar surface area (TPSA) is 64.4 Å². The molecule has 114 valence electrons. The number of benzene rings is 1. The molecule has 1 heterocycles. The summed E-state index contributed by atoms with van der Waals surface area (Å²) in [6.45, 7) is 3.59. The molecule has 8 heteroatoms. The van der Waals surface area contributed by atoms with Gasteiger partial charge in [-0.3, -0.25) is 4.90 Å². The zero-order valence-corrected chi connectivity index (χ0v) is 13.8. The van der Waals surface area contributed by atoms with Crippen molar-refractivity contribution < 1.29 is 8.42 Å². The first-order valence-corrected chi connectivity index (χ1v) is 8.64. The summed E-state index contributed by atoms with van der Waals surface area (Å²) in [7, 11) is -3.58. The van der Waals surface area contributed by atoms with E-state index in [2.05, 4.69) is 6.07 Å². The van der Waals surface area contributed by atoms with Crippen molar-refractivity contribution in [2.75, 3.05) is 26.2 Å². The minimum Gasteiger partial charge on any atom is -0.286 e. The Bertz CT molecular complexity index is 664. The van der Waals surface area contributed by atoms with E-state index in [0.717, 1.165) is 0 Å². The minimum atomic E-state index is -3.58. The second kappa shape index (κ2) is 6.51. The summed E-state index contributed by atoms with van der Waals surface area (Å²) in [5.41, 5.74) is 0. The fourth-order valence-corrected chi connectivity index (χ4v) is 4.01. The Morgan fingerprint density at radius 2 is 1.81 bits per heavy atom. The van der Waals surface area contributed by atoms with Gasteiger partial charge < -0.3 is 0 Å². The van der Waals surface area contributed by atoms with Crippen molar-refractivity contribution in [2.24, 2.45) is 0 Å². The number of nitriles is 1. The van der Waals surface area contributed by atoms with Crippen LogP contribution in [0.1, 0.15) is 6.92 Å². The lowest BCUT2D eigenvalue weighted by Gasteiger charge is -2.35. The molecule has 1 aromatic rings. The van der Waals surface area contributed by atoms with E-state index >= 15 is 0 Å². The van der Waals surface area contributed by atoms with Crippen LogP contribution >= 0.6 is 23.2 Å². The fourth-order valence-electron chi connectivity index (χ4n) is 2.20. The van der Waals surface area contributed by atoms with Crippen LogP contribution in [0.25, 0.3) is 0 Å². The number of nitrogens with zero attached hydrogens (tertiary/aromatic N) is 3. The quantitative estimate of drug-likeness (QED) is 0.840. The molecule has 1 fully saturated rings. The van der Waals surface area contributed by atoms with Crippen molar-refractivity contribution in [3.8, 4) is 6.07 Å². The Labute approximate surface area is 134 Å². The molecule has 0 spiro atoms. The molecule has 1 aliphatic heterocycles. The summed E-state index contributed by atoms with van der Waals surface area (Å²) in [5, 5.41) is 9.44. The van der Waals surface area contributed by atoms with Gasteiger partial charge in [-0.25, -0.2) is 8.42 Å². The van der Waals surface area contributed by atoms with E-state index in [1.54, 1.807) is 0 Å². The van der Waals surface area contributed by atoms with Gasteiger partial charge in [0.1, 0.15) is 0 Å². The van der Waals surface area contributed by atoms with Crippen LogP contribution in [0.3, 0.4) is 0 Å². The van der Waals surface area contributed by atoms with Gasteiger partial charge in [-0.15, -0.1) is 0 Å². The van der Waals surface area contributed by atoms with Crippen molar-refractivity contribution in [1.82, 2.24) is 9.21 Å². The lowest BCUT2D eigenvalue weighted by Crippen LogP contribution is -2.50. The van der Waals surface area contributed by atoms with E-state index in [-0.39, 0.29) is 16.0 Å². The molecule has 1 aromatic carbocycles. The van der Waals surface area contributed by atoms with E-state index < -0.39 is 10.0 Å². The van der Waals surface area contributed by atoms with Gasteiger partial charge in [0.25, 0.3) is 0 Å². The molecular weight excluding hydrogens is 333 g/mol. The highest BCUT2D eigenvalue weighted by atomic mass is 35.5. The Morgan fingerprint density at radius 1 is 1.19 bits per heavy atom. The van der Waals surface area contributed by atoms with Gasteiger partial charge >= 0.3 is 0 Å². The highest BCUT2D eigenvalue weighted by molar-refractivity contribution is 7.89. The lowest BCUT2D eigenvalue weighted by molar-refractivity contribution is 0.169. The molecule has 5 nitrogen and oxygen atoms in total. The molecule has 0 aliphatic carbocycles. The van der Waals surface area contributed by atoms with Crippen LogP contribution in [0.15, 0.2) is 23.1 Å². The molecule has 2 rings (SSSR count). The Kier molecular flexibility index (Phi) is 5.12. The van der Waals surface area contributed by atoms with Crippen molar-refractivity contribution in [3.63, 3.8) is 0 Å². The molecule has 0 amide bonds. The predicted molar refractivity (Wildman–Crippen MR) is 81.9 cm³/mol. The molecule has 0 aromatic heterocycles. The van der Waals surface area contributed by atoms with Gasteiger partial charge in [-0.05, 0) is 25.1 Å². The molecule has 0 unspecified atom stereocenters. The van der Waals surface area contributed by atoms with Crippen molar-refractivity contribution in [1.29, 1.82) is 5.26 Å². The van der Waals surface area contributed by atoms with Gasteiger partial charge in [-0.1, -0.05) is 23.2 Å². The molecule has 0 saturated carbocycles. The van der Waals surface area contributed by atoms with Crippen LogP contribution in [0, 0.1) is 11.3 Å². The van der Waals surface area contributed by atoms with Crippen molar-refractivity contribution >= 4 is 33.2 Å². The van der Waals surface area contributed by atoms with E-state index in [1.807, 2.05) is 11.8 Å². The maximum Gasteiger partial charge on any atom is 0.243 e. The highest BCUT2D eigenvalue weighted by Crippen LogP contribution is 2.27. The smallest absolute Gasteiger partial charge is 0.243 e. The summed E-state index contributed by atoms with van der Waals surface area (Å²) in [6, 6.07) is 6.24. The molecule has 0 radical (unpaired) electrons. The third-order valence-electron chi connectivity index (χ3n) is 3.54. The van der Waals surface area contributed by atoms with E-state index in [1.165, 1.54) is 22.5 Å². The van der Waals surface area contributed by atoms with Gasteiger partial charge in [-0.2, -0.15) is 9.57 Å². The maximum absolute atomic E-state index is 12.5. The second-order valence-corrected chi connectivity index (χ2v) is 7.57. The number of hydrogen-bond donors (Lipinski definition) is 0. The zero-order valence-electron chi connectivity index (χ0n) is 11.5. The van der Waals surface area contributed by atoms with E-state index in [4.69, 9.17) is 28.5 Å². The van der Waals surface area contributed by atoms with Crippen molar-refractivity contribution in [3.05, 3.63) is 28.2 Å². The van der Waals surface area contributed by atoms with E-state index in [0.29, 0.717) is 31.2 Å². The van der Waals surface area contributed by atoms with Gasteiger partial charge in [0.2, 0.25) is 10.0 Å². The number of sulfonamides is 1. The first-order valence-electron chi connectivity index (χ1n) is 6.45. The average Bonchev–Trinajstić information content (AvgIpc) is 2.49. The van der Waals surface area contributed by atoms with Crippen molar-refractivity contribution in [2.45, 2.75) is 17.9 Å². The molecule has 0 bridgehead atoms. The van der Waals surface area contributed by atoms with Gasteiger partial charge in [0, 0.05) is 26.2 Å². The van der Waals surface area contributed by atoms with Crippen LogP contribution in [0.4, 0.5) is 0 Å². The number of halogens is 2. The van der Waals surface area contributed by atoms with Crippen LogP contribution in [-0.4, -0.2) is 49.8 Å². The minimum absolute atomic E-state index is 0.138. The number of hydrogen-bond acceptors (Lipinski definition) is 4. The zero-order chi connectivity index (χ0) is 15.6. The third-order valence-corrected chi connectivity index (χ3v) is 6.17.